The van der Waals surface area contributed by atoms with Crippen molar-refractivity contribution >= 4 is 29.8 Å². The molecule has 0 amide bonds. The molecule has 1 aliphatic carbocycles. The zero-order valence-electron chi connectivity index (χ0n) is 28.2. The van der Waals surface area contributed by atoms with Crippen LogP contribution in [0.5, 0.6) is 0 Å². The van der Waals surface area contributed by atoms with Gasteiger partial charge in [0.25, 0.3) is 0 Å². The van der Waals surface area contributed by atoms with Crippen molar-refractivity contribution in [3.8, 4) is 0 Å². The zero-order valence-corrected chi connectivity index (χ0v) is 29.0. The molecule has 1 radical (unpaired) electrons. The molecule has 2 nitrogen and oxygen atoms in total. The van der Waals surface area contributed by atoms with Gasteiger partial charge in [-0.15, -0.1) is 11.3 Å². The number of rotatable bonds is 14. The first-order valence-corrected chi connectivity index (χ1v) is 16.9. The Morgan fingerprint density at radius 2 is 1.79 bits per heavy atom. The first kappa shape index (κ1) is 34.5. The normalized spacial score (nSPS) is 17.5. The molecule has 0 saturated carbocycles. The SMILES string of the molecule is C=C/C=C(\C=C\N(/C=C/CC(/C=C/C)C(C)C)/C(C)=C\[B]c1csc2c1C(C)(C)CCC2(C)C)Nc1ccc(CC)cc1. The van der Waals surface area contributed by atoms with Crippen LogP contribution in [0.2, 0.25) is 0 Å². The fourth-order valence-corrected chi connectivity index (χ4v) is 7.08. The van der Waals surface area contributed by atoms with Gasteiger partial charge in [-0.25, -0.2) is 0 Å². The van der Waals surface area contributed by atoms with Gasteiger partial charge >= 0.3 is 0 Å². The number of nitrogens with one attached hydrogen (secondary N) is 1. The Morgan fingerprint density at radius 3 is 2.42 bits per heavy atom. The lowest BCUT2D eigenvalue weighted by molar-refractivity contribution is 0.340. The molecule has 1 aromatic carbocycles. The van der Waals surface area contributed by atoms with Gasteiger partial charge in [0, 0.05) is 34.4 Å². The van der Waals surface area contributed by atoms with E-state index in [-0.39, 0.29) is 10.8 Å². The minimum Gasteiger partial charge on any atom is -0.355 e. The van der Waals surface area contributed by atoms with Gasteiger partial charge in [0.05, 0.1) is 0 Å². The summed E-state index contributed by atoms with van der Waals surface area (Å²) in [5.74, 6) is 3.39. The number of anilines is 1. The Labute approximate surface area is 268 Å². The van der Waals surface area contributed by atoms with Crippen molar-refractivity contribution in [1.82, 2.24) is 4.90 Å². The molecular weight excluding hydrogens is 539 g/mol. The molecule has 1 N–H and O–H groups in total. The van der Waals surface area contributed by atoms with E-state index >= 15 is 0 Å². The molecule has 43 heavy (non-hydrogen) atoms. The third-order valence-electron chi connectivity index (χ3n) is 8.73. The quantitative estimate of drug-likeness (QED) is 0.133. The smallest absolute Gasteiger partial charge is 0.185 e. The van der Waals surface area contributed by atoms with Crippen LogP contribution in [0.3, 0.4) is 0 Å². The first-order chi connectivity index (χ1) is 20.4. The van der Waals surface area contributed by atoms with E-state index in [1.54, 1.807) is 4.88 Å². The van der Waals surface area contributed by atoms with Crippen LogP contribution in [0.25, 0.3) is 0 Å². The zero-order chi connectivity index (χ0) is 31.6. The predicted octanol–water partition coefficient (Wildman–Crippen LogP) is 10.6. The Bertz CT molecular complexity index is 1350. The number of fused-ring (bicyclic) bond motifs is 1. The van der Waals surface area contributed by atoms with E-state index in [2.05, 4.69) is 159 Å². The van der Waals surface area contributed by atoms with E-state index in [1.165, 1.54) is 29.4 Å². The van der Waals surface area contributed by atoms with Crippen molar-refractivity contribution in [3.63, 3.8) is 0 Å². The van der Waals surface area contributed by atoms with Crippen molar-refractivity contribution in [3.05, 3.63) is 118 Å². The fraction of sp³-hybridized carbons (Fsp3) is 0.436. The molecule has 1 unspecified atom stereocenters. The number of aryl methyl sites for hydroxylation is 1. The van der Waals surface area contributed by atoms with Gasteiger partial charge in [-0.2, -0.15) is 0 Å². The van der Waals surface area contributed by atoms with E-state index in [1.807, 2.05) is 23.5 Å². The summed E-state index contributed by atoms with van der Waals surface area (Å²) in [5.41, 5.74) is 7.89. The molecule has 1 heterocycles. The van der Waals surface area contributed by atoms with Crippen LogP contribution in [0, 0.1) is 11.8 Å². The summed E-state index contributed by atoms with van der Waals surface area (Å²) in [6.45, 7) is 24.6. The molecule has 1 atom stereocenters. The second-order valence-corrected chi connectivity index (χ2v) is 14.3. The second kappa shape index (κ2) is 15.7. The summed E-state index contributed by atoms with van der Waals surface area (Å²) in [5, 5.41) is 5.92. The third kappa shape index (κ3) is 9.50. The number of thiophene rings is 1. The highest BCUT2D eigenvalue weighted by Gasteiger charge is 2.39. The number of allylic oxidation sites excluding steroid dienone is 7. The first-order valence-electron chi connectivity index (χ1n) is 16.0. The maximum Gasteiger partial charge on any atom is 0.185 e. The lowest BCUT2D eigenvalue weighted by Gasteiger charge is -2.40. The van der Waals surface area contributed by atoms with Gasteiger partial charge in [0.2, 0.25) is 0 Å². The summed E-state index contributed by atoms with van der Waals surface area (Å²) in [4.78, 5) is 3.79. The Balaban J connectivity index is 1.90. The molecular formula is C39H54BN2S. The minimum absolute atomic E-state index is 0.196. The molecule has 4 heteroatoms. The summed E-state index contributed by atoms with van der Waals surface area (Å²) in [7, 11) is 2.33. The topological polar surface area (TPSA) is 15.3 Å². The summed E-state index contributed by atoms with van der Waals surface area (Å²) >= 11 is 1.93. The van der Waals surface area contributed by atoms with Crippen LogP contribution in [0.4, 0.5) is 5.69 Å². The Kier molecular flexibility index (Phi) is 12.6. The van der Waals surface area contributed by atoms with Crippen LogP contribution in [-0.2, 0) is 17.3 Å². The highest BCUT2D eigenvalue weighted by molar-refractivity contribution is 7.11. The molecule has 0 spiro atoms. The molecule has 1 aromatic heterocycles. The van der Waals surface area contributed by atoms with Crippen LogP contribution >= 0.6 is 11.3 Å². The molecule has 2 aromatic rings. The van der Waals surface area contributed by atoms with E-state index in [0.29, 0.717) is 11.8 Å². The van der Waals surface area contributed by atoms with E-state index in [0.717, 1.165) is 29.9 Å². The third-order valence-corrected chi connectivity index (χ3v) is 10.1. The molecule has 0 bridgehead atoms. The lowest BCUT2D eigenvalue weighted by Crippen LogP contribution is -2.37. The molecule has 229 valence electrons. The van der Waals surface area contributed by atoms with Gasteiger partial charge in [-0.05, 0) is 103 Å². The molecule has 0 aliphatic heterocycles. The maximum absolute atomic E-state index is 3.95. The van der Waals surface area contributed by atoms with Crippen LogP contribution < -0.4 is 10.8 Å². The van der Waals surface area contributed by atoms with Crippen LogP contribution in [-0.4, -0.2) is 12.2 Å². The predicted molar refractivity (Wildman–Crippen MR) is 194 cm³/mol. The van der Waals surface area contributed by atoms with Crippen molar-refractivity contribution in [1.29, 1.82) is 0 Å². The summed E-state index contributed by atoms with van der Waals surface area (Å²) < 4.78 is 0. The van der Waals surface area contributed by atoms with Gasteiger partial charge in [-0.1, -0.05) is 103 Å². The van der Waals surface area contributed by atoms with Gasteiger partial charge in [-0.3, -0.25) is 0 Å². The number of benzene rings is 1. The fourth-order valence-electron chi connectivity index (χ4n) is 5.70. The average molecular weight is 594 g/mol. The van der Waals surface area contributed by atoms with E-state index in [4.69, 9.17) is 0 Å². The molecule has 3 rings (SSSR count). The van der Waals surface area contributed by atoms with Crippen LogP contribution in [0.1, 0.15) is 97.6 Å². The summed E-state index contributed by atoms with van der Waals surface area (Å²) in [6.07, 6.45) is 21.6. The standard InChI is InChI=1S/C39H54BN2S/c1-11-15-32(29(4)5)17-14-25-42(26-22-33(16-12-2)41-34-20-18-31(13-3)19-21-34)30(6)27-40-35-28-43-37-36(35)38(7,8)23-24-39(37,9)10/h11-12,14-16,18-22,25-29,32,41H,2,13,17,23-24H2,1,3-10H3/b15-11+,25-14+,26-22+,30-27-,33-16+. The summed E-state index contributed by atoms with van der Waals surface area (Å²) in [6, 6.07) is 8.63. The average Bonchev–Trinajstić information content (AvgIpc) is 3.43. The van der Waals surface area contributed by atoms with Gasteiger partial charge in [0.15, 0.2) is 7.28 Å². The maximum atomic E-state index is 3.95. The van der Waals surface area contributed by atoms with Crippen LogP contribution in [0.15, 0.2) is 102 Å². The monoisotopic (exact) mass is 593 g/mol. The Hall–Kier alpha value is -2.98. The highest BCUT2D eigenvalue weighted by Crippen LogP contribution is 2.47. The van der Waals surface area contributed by atoms with Gasteiger partial charge < -0.3 is 10.2 Å². The number of hydrogen-bond donors (Lipinski definition) is 1. The lowest BCUT2D eigenvalue weighted by atomic mass is 9.59. The van der Waals surface area contributed by atoms with Crippen molar-refractivity contribution in [2.24, 2.45) is 11.8 Å². The Morgan fingerprint density at radius 1 is 1.09 bits per heavy atom. The van der Waals surface area contributed by atoms with Crippen molar-refractivity contribution in [2.45, 2.75) is 98.8 Å². The number of nitrogens with zero attached hydrogens (tertiary/aromatic N) is 1. The molecule has 0 saturated heterocycles. The van der Waals surface area contributed by atoms with E-state index in [9.17, 15) is 0 Å². The highest BCUT2D eigenvalue weighted by atomic mass is 32.1. The molecule has 1 aliphatic rings. The van der Waals surface area contributed by atoms with Gasteiger partial charge in [0.1, 0.15) is 0 Å². The molecule has 0 fully saturated rings. The second-order valence-electron chi connectivity index (χ2n) is 13.4. The van der Waals surface area contributed by atoms with E-state index < -0.39 is 0 Å². The minimum atomic E-state index is 0.196. The van der Waals surface area contributed by atoms with Crippen molar-refractivity contribution in [2.75, 3.05) is 5.32 Å². The van der Waals surface area contributed by atoms with Crippen molar-refractivity contribution < 1.29 is 0 Å². The largest absolute Gasteiger partial charge is 0.355 e. The number of hydrogen-bond acceptors (Lipinski definition) is 3.